The van der Waals surface area contributed by atoms with Gasteiger partial charge in [0.15, 0.2) is 0 Å². The van der Waals surface area contributed by atoms with Crippen LogP contribution in [0.4, 0.5) is 4.79 Å². The lowest BCUT2D eigenvalue weighted by molar-refractivity contribution is -0.139. The molecule has 1 rings (SSSR count). The molecule has 1 atom stereocenters. The third-order valence-corrected chi connectivity index (χ3v) is 2.74. The Morgan fingerprint density at radius 3 is 2.48 bits per heavy atom. The number of hydrogen-bond donors (Lipinski definition) is 3. The summed E-state index contributed by atoms with van der Waals surface area (Å²) in [7, 11) is 1.46. The predicted molar refractivity (Wildman–Crippen MR) is 74.5 cm³/mol. The Hall–Kier alpha value is -2.57. The molecule has 0 fully saturated rings. The van der Waals surface area contributed by atoms with Crippen LogP contribution in [0.2, 0.25) is 0 Å². The summed E-state index contributed by atoms with van der Waals surface area (Å²) in [5, 5.41) is 13.6. The minimum Gasteiger partial charge on any atom is -0.480 e. The first-order chi connectivity index (χ1) is 10.0. The number of ether oxygens (including phenoxy) is 1. The van der Waals surface area contributed by atoms with Crippen LogP contribution < -0.4 is 10.6 Å². The van der Waals surface area contributed by atoms with Crippen LogP contribution in [0.25, 0.3) is 0 Å². The van der Waals surface area contributed by atoms with E-state index in [0.29, 0.717) is 0 Å². The molecule has 0 bridgehead atoms. The Bertz CT molecular complexity index is 489. The Morgan fingerprint density at radius 2 is 1.90 bits per heavy atom. The van der Waals surface area contributed by atoms with Gasteiger partial charge in [-0.3, -0.25) is 4.79 Å². The van der Waals surface area contributed by atoms with Crippen molar-refractivity contribution in [1.29, 1.82) is 0 Å². The van der Waals surface area contributed by atoms with Crippen molar-refractivity contribution in [2.45, 2.75) is 25.5 Å². The normalized spacial score (nSPS) is 11.3. The molecule has 0 saturated carbocycles. The molecular formula is C14H18N2O5. The van der Waals surface area contributed by atoms with Crippen molar-refractivity contribution < 1.29 is 24.2 Å². The minimum atomic E-state index is -1.21. The molecule has 3 N–H and O–H groups in total. The first-order valence-corrected chi connectivity index (χ1v) is 6.43. The zero-order valence-electron chi connectivity index (χ0n) is 11.7. The standard InChI is InChI=1S/C14H18N2O5/c1-15-12(17)8-7-11(13(18)19)16-14(20)21-9-10-5-3-2-4-6-10/h2-6,11H,7-9H2,1H3,(H,15,17)(H,16,20)(H,18,19)/t11-/m0/s1. The highest BCUT2D eigenvalue weighted by molar-refractivity contribution is 5.81. The van der Waals surface area contributed by atoms with Crippen LogP contribution in [0, 0.1) is 0 Å². The van der Waals surface area contributed by atoms with Crippen LogP contribution >= 0.6 is 0 Å². The Kier molecular flexibility index (Phi) is 6.73. The fourth-order valence-corrected chi connectivity index (χ4v) is 1.56. The Balaban J connectivity index is 2.41. The van der Waals surface area contributed by atoms with Gasteiger partial charge in [0.25, 0.3) is 0 Å². The van der Waals surface area contributed by atoms with Crippen LogP contribution in [-0.4, -0.2) is 36.2 Å². The van der Waals surface area contributed by atoms with Crippen molar-refractivity contribution in [2.75, 3.05) is 7.05 Å². The zero-order valence-corrected chi connectivity index (χ0v) is 11.7. The molecular weight excluding hydrogens is 276 g/mol. The summed E-state index contributed by atoms with van der Waals surface area (Å²) in [4.78, 5) is 33.6. The number of carbonyl (C=O) groups excluding carboxylic acids is 2. The van der Waals surface area contributed by atoms with E-state index in [-0.39, 0.29) is 25.4 Å². The summed E-state index contributed by atoms with van der Waals surface area (Å²) >= 11 is 0. The van der Waals surface area contributed by atoms with E-state index < -0.39 is 18.1 Å². The van der Waals surface area contributed by atoms with Gasteiger partial charge in [-0.05, 0) is 12.0 Å². The molecule has 0 aliphatic carbocycles. The Morgan fingerprint density at radius 1 is 1.24 bits per heavy atom. The number of aliphatic carboxylic acids is 1. The van der Waals surface area contributed by atoms with Crippen molar-refractivity contribution >= 4 is 18.0 Å². The molecule has 21 heavy (non-hydrogen) atoms. The number of benzene rings is 1. The third-order valence-electron chi connectivity index (χ3n) is 2.74. The van der Waals surface area contributed by atoms with E-state index in [1.54, 1.807) is 24.3 Å². The average Bonchev–Trinajstić information content (AvgIpc) is 2.49. The molecule has 0 unspecified atom stereocenters. The molecule has 0 radical (unpaired) electrons. The second-order valence-electron chi connectivity index (χ2n) is 4.31. The highest BCUT2D eigenvalue weighted by Crippen LogP contribution is 2.02. The molecule has 7 nitrogen and oxygen atoms in total. The number of carboxylic acids is 1. The van der Waals surface area contributed by atoms with Crippen LogP contribution in [0.3, 0.4) is 0 Å². The van der Waals surface area contributed by atoms with E-state index in [4.69, 9.17) is 9.84 Å². The second-order valence-corrected chi connectivity index (χ2v) is 4.31. The van der Waals surface area contributed by atoms with Gasteiger partial charge in [0, 0.05) is 13.5 Å². The minimum absolute atomic E-state index is 0.00452. The second kappa shape index (κ2) is 8.57. The SMILES string of the molecule is CNC(=O)CC[C@H](NC(=O)OCc1ccccc1)C(=O)O. The molecule has 1 aromatic carbocycles. The monoisotopic (exact) mass is 294 g/mol. The Labute approximate surface area is 122 Å². The van der Waals surface area contributed by atoms with Crippen molar-refractivity contribution in [3.05, 3.63) is 35.9 Å². The van der Waals surface area contributed by atoms with Gasteiger partial charge in [-0.25, -0.2) is 9.59 Å². The topological polar surface area (TPSA) is 105 Å². The van der Waals surface area contributed by atoms with Gasteiger partial charge in [-0.15, -0.1) is 0 Å². The number of amides is 2. The quantitative estimate of drug-likeness (QED) is 0.692. The van der Waals surface area contributed by atoms with E-state index in [0.717, 1.165) is 5.56 Å². The van der Waals surface area contributed by atoms with E-state index in [1.807, 2.05) is 6.07 Å². The van der Waals surface area contributed by atoms with Gasteiger partial charge < -0.3 is 20.5 Å². The van der Waals surface area contributed by atoms with Crippen molar-refractivity contribution in [2.24, 2.45) is 0 Å². The van der Waals surface area contributed by atoms with Gasteiger partial charge in [0.2, 0.25) is 5.91 Å². The molecule has 0 spiro atoms. The highest BCUT2D eigenvalue weighted by atomic mass is 16.5. The van der Waals surface area contributed by atoms with Crippen molar-refractivity contribution in [1.82, 2.24) is 10.6 Å². The fraction of sp³-hybridized carbons (Fsp3) is 0.357. The van der Waals surface area contributed by atoms with Crippen LogP contribution in [0.5, 0.6) is 0 Å². The average molecular weight is 294 g/mol. The lowest BCUT2D eigenvalue weighted by Crippen LogP contribution is -2.41. The maximum atomic E-state index is 11.5. The van der Waals surface area contributed by atoms with Crippen LogP contribution in [0.15, 0.2) is 30.3 Å². The van der Waals surface area contributed by atoms with Gasteiger partial charge in [-0.1, -0.05) is 30.3 Å². The molecule has 114 valence electrons. The molecule has 7 heteroatoms. The molecule has 1 aromatic rings. The van der Waals surface area contributed by atoms with Gasteiger partial charge in [-0.2, -0.15) is 0 Å². The first-order valence-electron chi connectivity index (χ1n) is 6.43. The number of carbonyl (C=O) groups is 3. The number of nitrogens with one attached hydrogen (secondary N) is 2. The summed E-state index contributed by atoms with van der Waals surface area (Å²) in [6.45, 7) is 0.0501. The summed E-state index contributed by atoms with van der Waals surface area (Å²) in [6, 6.07) is 7.86. The van der Waals surface area contributed by atoms with E-state index >= 15 is 0 Å². The lowest BCUT2D eigenvalue weighted by Gasteiger charge is -2.14. The number of alkyl carbamates (subject to hydrolysis) is 1. The summed E-state index contributed by atoms with van der Waals surface area (Å²) in [5.74, 6) is -1.50. The summed E-state index contributed by atoms with van der Waals surface area (Å²) < 4.78 is 4.93. The fourth-order valence-electron chi connectivity index (χ4n) is 1.56. The van der Waals surface area contributed by atoms with Crippen LogP contribution in [-0.2, 0) is 20.9 Å². The van der Waals surface area contributed by atoms with Gasteiger partial charge in [0.05, 0.1) is 0 Å². The smallest absolute Gasteiger partial charge is 0.408 e. The highest BCUT2D eigenvalue weighted by Gasteiger charge is 2.21. The molecule has 0 aliphatic heterocycles. The molecule has 0 aliphatic rings. The zero-order chi connectivity index (χ0) is 15.7. The van der Waals surface area contributed by atoms with Crippen LogP contribution in [0.1, 0.15) is 18.4 Å². The van der Waals surface area contributed by atoms with Gasteiger partial charge in [0.1, 0.15) is 12.6 Å². The molecule has 0 saturated heterocycles. The number of rotatable bonds is 7. The molecule has 0 aromatic heterocycles. The number of carboxylic acid groups (broad SMARTS) is 1. The summed E-state index contributed by atoms with van der Waals surface area (Å²) in [6.07, 6.45) is -0.829. The third kappa shape index (κ3) is 6.42. The van der Waals surface area contributed by atoms with Gasteiger partial charge >= 0.3 is 12.1 Å². The maximum absolute atomic E-state index is 11.5. The largest absolute Gasteiger partial charge is 0.480 e. The molecule has 0 heterocycles. The molecule has 2 amide bonds. The summed E-state index contributed by atoms with van der Waals surface area (Å²) in [5.41, 5.74) is 0.796. The number of hydrogen-bond acceptors (Lipinski definition) is 4. The maximum Gasteiger partial charge on any atom is 0.408 e. The van der Waals surface area contributed by atoms with E-state index in [1.165, 1.54) is 7.05 Å². The first kappa shape index (κ1) is 16.5. The lowest BCUT2D eigenvalue weighted by atomic mass is 10.1. The predicted octanol–water partition coefficient (Wildman–Crippen LogP) is 0.892. The van der Waals surface area contributed by atoms with E-state index in [9.17, 15) is 14.4 Å². The van der Waals surface area contributed by atoms with Crippen molar-refractivity contribution in [3.8, 4) is 0 Å². The van der Waals surface area contributed by atoms with E-state index in [2.05, 4.69) is 10.6 Å². The van der Waals surface area contributed by atoms with Crippen molar-refractivity contribution in [3.63, 3.8) is 0 Å².